The van der Waals surface area contributed by atoms with Crippen LogP contribution in [0.2, 0.25) is 0 Å². The van der Waals surface area contributed by atoms with E-state index in [2.05, 4.69) is 16.8 Å². The number of aliphatic hydroxyl groups excluding tert-OH is 1. The molecular weight excluding hydrogens is 678 g/mol. The fraction of sp³-hybridized carbons (Fsp3) is 0.732. The molecule has 2 bridgehead atoms. The Bertz CT molecular complexity index is 1420. The molecule has 12 nitrogen and oxygen atoms in total. The number of Topliss-reactive ketones (excluding diaryl/α,β-unsaturated/α-hetero) is 1. The Balaban J connectivity index is 1.89. The Hall–Kier alpha value is -2.55. The molecule has 1 aromatic rings. The minimum absolute atomic E-state index is 0.0110. The van der Waals surface area contributed by atoms with E-state index in [9.17, 15) is 19.8 Å². The number of likely N-dealkylation sites (N-methyl/N-ethyl adjacent to an activating group) is 2. The van der Waals surface area contributed by atoms with Crippen LogP contribution in [0.25, 0.3) is 6.08 Å². The molecule has 1 aromatic heterocycles. The lowest BCUT2D eigenvalue weighted by Crippen LogP contribution is -2.60. The zero-order chi connectivity index (χ0) is 39.2. The van der Waals surface area contributed by atoms with E-state index in [-0.39, 0.29) is 37.3 Å². The Morgan fingerprint density at radius 1 is 1.13 bits per heavy atom. The van der Waals surface area contributed by atoms with Crippen LogP contribution in [-0.4, -0.2) is 138 Å². The van der Waals surface area contributed by atoms with Gasteiger partial charge in [0.05, 0.1) is 31.0 Å². The van der Waals surface area contributed by atoms with Crippen LogP contribution in [0.4, 0.5) is 0 Å². The molecule has 4 saturated heterocycles. The van der Waals surface area contributed by atoms with Gasteiger partial charge < -0.3 is 43.7 Å². The van der Waals surface area contributed by atoms with Crippen molar-refractivity contribution in [2.45, 2.75) is 135 Å². The van der Waals surface area contributed by atoms with E-state index in [0.717, 1.165) is 11.1 Å². The zero-order valence-corrected chi connectivity index (χ0v) is 33.7. The van der Waals surface area contributed by atoms with Crippen molar-refractivity contribution in [2.75, 3.05) is 40.9 Å². The molecule has 13 atom stereocenters. The van der Waals surface area contributed by atoms with Crippen molar-refractivity contribution in [3.63, 3.8) is 0 Å². The summed E-state index contributed by atoms with van der Waals surface area (Å²) in [5, 5.41) is 23.9. The molecule has 12 heteroatoms. The summed E-state index contributed by atoms with van der Waals surface area (Å²) in [4.78, 5) is 36.5. The smallest absolute Gasteiger partial charge is 0.316 e. The van der Waals surface area contributed by atoms with E-state index < -0.39 is 65.5 Å². The van der Waals surface area contributed by atoms with Crippen LogP contribution in [0.3, 0.4) is 0 Å². The molecule has 0 spiro atoms. The van der Waals surface area contributed by atoms with Gasteiger partial charge in [0, 0.05) is 36.9 Å². The highest BCUT2D eigenvalue weighted by atomic mass is 16.7. The van der Waals surface area contributed by atoms with Crippen molar-refractivity contribution in [1.82, 2.24) is 14.8 Å². The maximum absolute atomic E-state index is 14.4. The average molecular weight is 744 g/mol. The topological polar surface area (TPSA) is 140 Å². The lowest BCUT2D eigenvalue weighted by Gasteiger charge is -2.48. The molecule has 53 heavy (non-hydrogen) atoms. The monoisotopic (exact) mass is 743 g/mol. The largest absolute Gasteiger partial charge is 0.459 e. The number of fused-ring (bicyclic) bond motifs is 15. The van der Waals surface area contributed by atoms with Crippen molar-refractivity contribution < 1.29 is 43.5 Å². The van der Waals surface area contributed by atoms with Gasteiger partial charge in [-0.2, -0.15) is 0 Å². The molecule has 4 fully saturated rings. The number of ether oxygens (including phenoxy) is 5. The molecular formula is C41H65N3O9. The quantitative estimate of drug-likeness (QED) is 0.318. The molecule has 0 aromatic carbocycles. The number of hydrogen-bond acceptors (Lipinski definition) is 12. The third-order valence-corrected chi connectivity index (χ3v) is 11.5. The lowest BCUT2D eigenvalue weighted by molar-refractivity contribution is -0.297. The first-order valence-corrected chi connectivity index (χ1v) is 19.2. The summed E-state index contributed by atoms with van der Waals surface area (Å²) in [5.74, 6) is -3.16. The molecule has 0 aliphatic carbocycles. The first kappa shape index (κ1) is 43.2. The van der Waals surface area contributed by atoms with Crippen molar-refractivity contribution >= 4 is 17.8 Å². The van der Waals surface area contributed by atoms with E-state index >= 15 is 0 Å². The van der Waals surface area contributed by atoms with Crippen molar-refractivity contribution in [3.05, 3.63) is 47.8 Å². The standard InChI is InChI=1S/C41H65N3O9/c1-12-33-41(8,48)37-29(6)44(11)22-25(2)20-40(7,50-24-31(23-49-37)16-13-15-30-17-14-18-42-21-30)36(27(4)34(45)28(5)38(47)52-33)53-39-35(46)32(43(9)10)19-26(3)51-39/h13-18,21,25-29,32-33,35-37,39,46,48H,12,19-20,22-24H2,1-11H3/b15-13+,31-16-/t25-,26-,27+,28?,29-,32+,33-,35-,36-,37+,39+,40-,41-/m1/s1. The minimum Gasteiger partial charge on any atom is -0.459 e. The van der Waals surface area contributed by atoms with E-state index in [1.54, 1.807) is 26.2 Å². The van der Waals surface area contributed by atoms with Gasteiger partial charge in [-0.3, -0.25) is 14.6 Å². The highest BCUT2D eigenvalue weighted by molar-refractivity contribution is 6.00. The van der Waals surface area contributed by atoms with Crippen LogP contribution >= 0.6 is 0 Å². The van der Waals surface area contributed by atoms with Gasteiger partial charge in [0.15, 0.2) is 12.1 Å². The number of pyridine rings is 1. The molecule has 1 unspecified atom stereocenters. The number of nitrogens with zero attached hydrogens (tertiary/aromatic N) is 3. The van der Waals surface area contributed by atoms with Gasteiger partial charge in [-0.15, -0.1) is 0 Å². The highest BCUT2D eigenvalue weighted by Crippen LogP contribution is 2.38. The second kappa shape index (κ2) is 18.4. The number of carbonyl (C=O) groups is 2. The van der Waals surface area contributed by atoms with Gasteiger partial charge in [0.25, 0.3) is 0 Å². The molecule has 0 amide bonds. The second-order valence-electron chi connectivity index (χ2n) is 16.4. The molecule has 5 heterocycles. The second-order valence-corrected chi connectivity index (χ2v) is 16.4. The van der Waals surface area contributed by atoms with E-state index in [0.29, 0.717) is 25.8 Å². The van der Waals surface area contributed by atoms with E-state index in [1.807, 2.05) is 84.1 Å². The maximum atomic E-state index is 14.4. The Morgan fingerprint density at radius 2 is 1.85 bits per heavy atom. The summed E-state index contributed by atoms with van der Waals surface area (Å²) in [6.45, 7) is 15.6. The number of hydrogen-bond donors (Lipinski definition) is 2. The predicted molar refractivity (Wildman–Crippen MR) is 203 cm³/mol. The van der Waals surface area contributed by atoms with Crippen LogP contribution in [-0.2, 0) is 33.3 Å². The fourth-order valence-electron chi connectivity index (χ4n) is 8.35. The van der Waals surface area contributed by atoms with E-state index in [4.69, 9.17) is 23.7 Å². The van der Waals surface area contributed by atoms with Crippen LogP contribution in [0.1, 0.15) is 80.2 Å². The predicted octanol–water partition coefficient (Wildman–Crippen LogP) is 4.28. The average Bonchev–Trinajstić information content (AvgIpc) is 3.10. The van der Waals surface area contributed by atoms with Gasteiger partial charge >= 0.3 is 5.97 Å². The van der Waals surface area contributed by atoms with Crippen LogP contribution in [0, 0.1) is 17.8 Å². The lowest BCUT2D eigenvalue weighted by atomic mass is 9.78. The van der Waals surface area contributed by atoms with Crippen molar-refractivity contribution in [1.29, 1.82) is 0 Å². The summed E-state index contributed by atoms with van der Waals surface area (Å²) in [6, 6.07) is 3.28. The number of carbonyl (C=O) groups excluding carboxylic acids is 2. The third kappa shape index (κ3) is 10.4. The number of esters is 1. The third-order valence-electron chi connectivity index (χ3n) is 11.5. The summed E-state index contributed by atoms with van der Waals surface area (Å²) in [7, 11) is 5.81. The highest BCUT2D eigenvalue weighted by Gasteiger charge is 2.51. The summed E-state index contributed by atoms with van der Waals surface area (Å²) < 4.78 is 32.7. The van der Waals surface area contributed by atoms with Crippen molar-refractivity contribution in [2.24, 2.45) is 17.8 Å². The Kier molecular flexibility index (Phi) is 15.0. The van der Waals surface area contributed by atoms with Crippen molar-refractivity contribution in [3.8, 4) is 0 Å². The van der Waals surface area contributed by atoms with Gasteiger partial charge in [0.1, 0.15) is 29.8 Å². The molecule has 4 aliphatic rings. The molecule has 0 radical (unpaired) electrons. The van der Waals surface area contributed by atoms with Crippen LogP contribution in [0.15, 0.2) is 42.3 Å². The normalized spacial score (nSPS) is 41.1. The van der Waals surface area contributed by atoms with Crippen LogP contribution < -0.4 is 0 Å². The van der Waals surface area contributed by atoms with Gasteiger partial charge in [-0.25, -0.2) is 0 Å². The number of aliphatic hydroxyl groups is 2. The number of aromatic nitrogens is 1. The summed E-state index contributed by atoms with van der Waals surface area (Å²) in [5.41, 5.74) is -1.03. The summed E-state index contributed by atoms with van der Waals surface area (Å²) in [6.07, 6.45) is 5.68. The molecule has 298 valence electrons. The number of rotatable bonds is 6. The van der Waals surface area contributed by atoms with Gasteiger partial charge in [-0.05, 0) is 98.1 Å². The number of ketones is 1. The zero-order valence-electron chi connectivity index (χ0n) is 33.7. The SMILES string of the molecule is CC[C@H]1OC(=O)C(C)C(=O)[C@H](C)[C@@H](O[C@@H]2O[C@H](C)C[C@H](N(C)C)[C@H]2O)[C@@]2(C)C[C@@H](C)CN(C)[C@H](C)[C@H](OC/C(=C/C=C/c3cccnc3)CO2)[C@]1(C)O. The van der Waals surface area contributed by atoms with Gasteiger partial charge in [0.2, 0.25) is 0 Å². The van der Waals surface area contributed by atoms with E-state index in [1.165, 1.54) is 6.92 Å². The fourth-order valence-corrected chi connectivity index (χ4v) is 8.35. The molecule has 4 aliphatic heterocycles. The Morgan fingerprint density at radius 3 is 2.49 bits per heavy atom. The number of allylic oxidation sites excluding steroid dienone is 2. The Labute approximate surface area is 316 Å². The minimum atomic E-state index is -1.62. The summed E-state index contributed by atoms with van der Waals surface area (Å²) >= 11 is 0. The first-order valence-electron chi connectivity index (χ1n) is 19.2. The molecule has 5 rings (SSSR count). The first-order chi connectivity index (χ1) is 24.9. The van der Waals surface area contributed by atoms with Crippen LogP contribution in [0.5, 0.6) is 0 Å². The molecule has 0 saturated carbocycles. The molecule has 2 N–H and O–H groups in total. The maximum Gasteiger partial charge on any atom is 0.316 e. The van der Waals surface area contributed by atoms with Gasteiger partial charge in [-0.1, -0.05) is 45.1 Å².